The summed E-state index contributed by atoms with van der Waals surface area (Å²) in [5.41, 5.74) is 0.714. The van der Waals surface area contributed by atoms with E-state index in [1.165, 1.54) is 28.1 Å². The van der Waals surface area contributed by atoms with E-state index in [2.05, 4.69) is 53.9 Å². The van der Waals surface area contributed by atoms with Crippen LogP contribution in [-0.2, 0) is 3.76 Å². The van der Waals surface area contributed by atoms with E-state index in [1.807, 2.05) is 0 Å². The van der Waals surface area contributed by atoms with Crippen molar-refractivity contribution in [2.75, 3.05) is 12.3 Å². The molecule has 1 unspecified atom stereocenters. The summed E-state index contributed by atoms with van der Waals surface area (Å²) in [4.78, 5) is 0. The molecule has 1 atom stereocenters. The van der Waals surface area contributed by atoms with Crippen LogP contribution in [0.4, 0.5) is 0 Å². The van der Waals surface area contributed by atoms with Gasteiger partial charge in [-0.1, -0.05) is 0 Å². The molecule has 17 heavy (non-hydrogen) atoms. The van der Waals surface area contributed by atoms with E-state index in [9.17, 15) is 0 Å². The van der Waals surface area contributed by atoms with Crippen LogP contribution in [0.3, 0.4) is 0 Å². The van der Waals surface area contributed by atoms with Gasteiger partial charge in [-0.15, -0.1) is 0 Å². The molecule has 102 valence electrons. The van der Waals surface area contributed by atoms with Crippen LogP contribution in [-0.4, -0.2) is 31.6 Å². The van der Waals surface area contributed by atoms with Crippen molar-refractivity contribution in [1.29, 1.82) is 0 Å². The fourth-order valence-electron chi connectivity index (χ4n) is 2.22. The van der Waals surface area contributed by atoms with Gasteiger partial charge in [0, 0.05) is 0 Å². The number of allylic oxidation sites excluding steroid dienone is 1. The molecule has 0 aromatic carbocycles. The molecule has 0 fully saturated rings. The van der Waals surface area contributed by atoms with Gasteiger partial charge in [0.25, 0.3) is 0 Å². The summed E-state index contributed by atoms with van der Waals surface area (Å²) < 4.78 is 6.20. The first-order chi connectivity index (χ1) is 8.09. The Labute approximate surface area is 113 Å². The molecule has 0 aliphatic heterocycles. The van der Waals surface area contributed by atoms with Crippen molar-refractivity contribution in [1.82, 2.24) is 0 Å². The van der Waals surface area contributed by atoms with Gasteiger partial charge in [-0.2, -0.15) is 0 Å². The topological polar surface area (TPSA) is 9.23 Å². The molecule has 0 aromatic rings. The molecule has 0 rings (SSSR count). The third-order valence-corrected chi connectivity index (χ3v) is 16.4. The van der Waals surface area contributed by atoms with Crippen LogP contribution in [0.15, 0.2) is 12.3 Å². The van der Waals surface area contributed by atoms with Crippen molar-refractivity contribution in [2.24, 2.45) is 0 Å². The Kier molecular flexibility index (Phi) is 9.73. The van der Waals surface area contributed by atoms with Crippen LogP contribution in [0, 0.1) is 0 Å². The van der Waals surface area contributed by atoms with Crippen LogP contribution < -0.4 is 0 Å². The zero-order valence-corrected chi connectivity index (χ0v) is 15.6. The third kappa shape index (κ3) is 5.79. The summed E-state index contributed by atoms with van der Waals surface area (Å²) in [5, 5.41) is 3.84. The van der Waals surface area contributed by atoms with Crippen molar-refractivity contribution >= 4 is 21.5 Å². The number of hydrogen-bond donors (Lipinski definition) is 0. The molecule has 0 radical (unpaired) electrons. The zero-order valence-electron chi connectivity index (χ0n) is 12.6. The van der Waals surface area contributed by atoms with Gasteiger partial charge in [0.2, 0.25) is 0 Å². The van der Waals surface area contributed by atoms with Gasteiger partial charge < -0.3 is 0 Å². The molecular weight excluding hydrogens is 288 g/mol. The van der Waals surface area contributed by atoms with Gasteiger partial charge in [-0.25, -0.2) is 0 Å². The SMILES string of the molecule is CCP(CC)C(C)/C=C\[O][Ge]([CH2]C)([CH2]C)[CH2]C. The quantitative estimate of drug-likeness (QED) is 0.313. The zero-order chi connectivity index (χ0) is 13.3. The van der Waals surface area contributed by atoms with E-state index < -0.39 is 13.6 Å². The van der Waals surface area contributed by atoms with Crippen molar-refractivity contribution in [3.63, 3.8) is 0 Å². The summed E-state index contributed by atoms with van der Waals surface area (Å²) in [5.74, 6) is 0. The second-order valence-electron chi connectivity index (χ2n) is 4.65. The molecule has 0 saturated heterocycles. The number of hydrogen-bond acceptors (Lipinski definition) is 1. The summed E-state index contributed by atoms with van der Waals surface area (Å²) in [6, 6.07) is 0. The van der Waals surface area contributed by atoms with E-state index in [0.717, 1.165) is 0 Å². The summed E-state index contributed by atoms with van der Waals surface area (Å²) in [6.07, 6.45) is 7.04. The molecule has 0 aliphatic rings. The Morgan fingerprint density at radius 1 is 1.00 bits per heavy atom. The van der Waals surface area contributed by atoms with Gasteiger partial charge >= 0.3 is 113 Å². The van der Waals surface area contributed by atoms with Crippen molar-refractivity contribution in [3.05, 3.63) is 12.3 Å². The molecule has 0 aliphatic carbocycles. The van der Waals surface area contributed by atoms with Crippen molar-refractivity contribution in [2.45, 2.75) is 63.0 Å². The summed E-state index contributed by atoms with van der Waals surface area (Å²) in [6.45, 7) is 13.9. The van der Waals surface area contributed by atoms with Gasteiger partial charge in [0.1, 0.15) is 0 Å². The predicted molar refractivity (Wildman–Crippen MR) is 84.9 cm³/mol. The van der Waals surface area contributed by atoms with E-state index in [-0.39, 0.29) is 7.92 Å². The Morgan fingerprint density at radius 2 is 1.47 bits per heavy atom. The van der Waals surface area contributed by atoms with Crippen molar-refractivity contribution < 1.29 is 3.76 Å². The van der Waals surface area contributed by atoms with E-state index in [4.69, 9.17) is 3.76 Å². The molecule has 0 heterocycles. The first kappa shape index (κ1) is 17.5. The van der Waals surface area contributed by atoms with Gasteiger partial charge in [0.15, 0.2) is 0 Å². The van der Waals surface area contributed by atoms with Crippen LogP contribution in [0.1, 0.15) is 41.5 Å². The Hall–Kier alpha value is 0.513. The molecule has 0 aromatic heterocycles. The number of rotatable bonds is 9. The maximum atomic E-state index is 6.20. The Bertz CT molecular complexity index is 202. The molecule has 3 heteroatoms. The van der Waals surface area contributed by atoms with Crippen LogP contribution in [0.25, 0.3) is 0 Å². The van der Waals surface area contributed by atoms with Gasteiger partial charge in [0.05, 0.1) is 0 Å². The fourth-order valence-corrected chi connectivity index (χ4v) is 9.10. The van der Waals surface area contributed by atoms with E-state index >= 15 is 0 Å². The predicted octanol–water partition coefficient (Wildman–Crippen LogP) is 5.43. The van der Waals surface area contributed by atoms with Crippen molar-refractivity contribution in [3.8, 4) is 0 Å². The van der Waals surface area contributed by atoms with Gasteiger partial charge in [-0.05, 0) is 0 Å². The summed E-state index contributed by atoms with van der Waals surface area (Å²) in [7, 11) is 0.176. The third-order valence-electron chi connectivity index (χ3n) is 4.00. The monoisotopic (exact) mass is 320 g/mol. The first-order valence-electron chi connectivity index (χ1n) is 7.17. The molecule has 0 bridgehead atoms. The molecular formula is C14H31GeOP. The summed E-state index contributed by atoms with van der Waals surface area (Å²) >= 11 is -1.94. The van der Waals surface area contributed by atoms with Gasteiger partial charge in [-0.3, -0.25) is 0 Å². The van der Waals surface area contributed by atoms with Crippen LogP contribution in [0.5, 0.6) is 0 Å². The Balaban J connectivity index is 4.33. The Morgan fingerprint density at radius 3 is 1.82 bits per heavy atom. The van der Waals surface area contributed by atoms with Crippen LogP contribution >= 0.6 is 7.92 Å². The molecule has 0 saturated carbocycles. The molecule has 0 N–H and O–H groups in total. The second kappa shape index (κ2) is 9.44. The molecule has 1 nitrogen and oxygen atoms in total. The normalized spacial score (nSPS) is 14.5. The maximum absolute atomic E-state index is 6.20. The van der Waals surface area contributed by atoms with Crippen LogP contribution in [0.2, 0.25) is 15.8 Å². The van der Waals surface area contributed by atoms with E-state index in [1.54, 1.807) is 0 Å². The standard InChI is InChI=1S/C14H31GeOP/c1-7-15(8-2,9-3)16-13-12-14(6)17(10-4)11-5/h12-14H,7-11H2,1-6H3/b13-12-. The fraction of sp³-hybridized carbons (Fsp3) is 0.857. The van der Waals surface area contributed by atoms with E-state index in [0.29, 0.717) is 5.66 Å². The minimum atomic E-state index is -1.94. The average molecular weight is 319 g/mol. The average Bonchev–Trinajstić information content (AvgIpc) is 2.37. The first-order valence-corrected chi connectivity index (χ1v) is 14.3. The minimum absolute atomic E-state index is 0.176. The second-order valence-corrected chi connectivity index (χ2v) is 17.8. The molecule has 0 amide bonds. The molecule has 0 spiro atoms.